The summed E-state index contributed by atoms with van der Waals surface area (Å²) >= 11 is 0. The van der Waals surface area contributed by atoms with Gasteiger partial charge in [-0.25, -0.2) is 9.50 Å². The molecule has 0 spiro atoms. The summed E-state index contributed by atoms with van der Waals surface area (Å²) in [6.07, 6.45) is 5.98. The second-order valence-electron chi connectivity index (χ2n) is 6.55. The van der Waals surface area contributed by atoms with Crippen molar-refractivity contribution in [2.24, 2.45) is 5.92 Å². The predicted molar refractivity (Wildman–Crippen MR) is 91.7 cm³/mol. The number of aryl methyl sites for hydroxylation is 1. The smallest absolute Gasteiger partial charge is 0.285 e. The number of aromatic amines is 1. The summed E-state index contributed by atoms with van der Waals surface area (Å²) in [5.41, 5.74) is 1.54. The average molecular weight is 354 g/mol. The highest BCUT2D eigenvalue weighted by Gasteiger charge is 2.35. The number of hydrogen-bond acceptors (Lipinski definition) is 6. The number of carbonyl (C=O) groups excluding carboxylic acids is 1. The van der Waals surface area contributed by atoms with Crippen LogP contribution in [-0.4, -0.2) is 59.7 Å². The van der Waals surface area contributed by atoms with Crippen molar-refractivity contribution in [2.45, 2.75) is 19.4 Å². The molecule has 2 N–H and O–H groups in total. The van der Waals surface area contributed by atoms with Gasteiger partial charge in [-0.2, -0.15) is 0 Å². The number of fused-ring (bicyclic) bond motifs is 1. The molecule has 0 aliphatic carbocycles. The van der Waals surface area contributed by atoms with E-state index in [4.69, 9.17) is 0 Å². The van der Waals surface area contributed by atoms with Gasteiger partial charge < -0.3 is 10.0 Å². The molecule has 4 heterocycles. The molecule has 0 radical (unpaired) electrons. The fraction of sp³-hybridized carbons (Fsp3) is 0.353. The molecule has 2 atom stereocenters. The third-order valence-electron chi connectivity index (χ3n) is 4.63. The van der Waals surface area contributed by atoms with E-state index in [2.05, 4.69) is 20.1 Å². The first-order valence-corrected chi connectivity index (χ1v) is 8.32. The molecule has 1 saturated heterocycles. The summed E-state index contributed by atoms with van der Waals surface area (Å²) in [6.45, 7) is 2.33. The van der Waals surface area contributed by atoms with Crippen LogP contribution in [0.3, 0.4) is 0 Å². The predicted octanol–water partition coefficient (Wildman–Crippen LogP) is -0.203. The zero-order valence-corrected chi connectivity index (χ0v) is 14.2. The van der Waals surface area contributed by atoms with Gasteiger partial charge in [0.05, 0.1) is 11.8 Å². The van der Waals surface area contributed by atoms with E-state index >= 15 is 0 Å². The minimum absolute atomic E-state index is 0.0169. The standard InChI is InChI=1S/C17H18N6O3/c1-10-4-15-20-7-13(17(26)23(15)21-10)16(25)22-8-11(14(24)9-22)5-12-6-18-2-3-19-12/h2-4,6-7,11,14,21,24H,5,8-9H2,1H3/t11-,14-/m1/s1. The molecule has 1 amide bonds. The van der Waals surface area contributed by atoms with Gasteiger partial charge in [-0.1, -0.05) is 0 Å². The van der Waals surface area contributed by atoms with Gasteiger partial charge in [-0.15, -0.1) is 0 Å². The van der Waals surface area contributed by atoms with Crippen molar-refractivity contribution >= 4 is 11.6 Å². The van der Waals surface area contributed by atoms with Crippen LogP contribution in [0, 0.1) is 12.8 Å². The Labute approximate surface area is 148 Å². The minimum atomic E-state index is -0.673. The van der Waals surface area contributed by atoms with Crippen LogP contribution in [-0.2, 0) is 6.42 Å². The Hall–Kier alpha value is -3.07. The van der Waals surface area contributed by atoms with E-state index < -0.39 is 17.6 Å². The molecule has 9 nitrogen and oxygen atoms in total. The van der Waals surface area contributed by atoms with E-state index in [9.17, 15) is 14.7 Å². The normalized spacial score (nSPS) is 20.0. The highest BCUT2D eigenvalue weighted by molar-refractivity contribution is 5.94. The van der Waals surface area contributed by atoms with Crippen LogP contribution < -0.4 is 5.56 Å². The molecule has 4 rings (SSSR count). The van der Waals surface area contributed by atoms with Crippen LogP contribution in [0.1, 0.15) is 21.7 Å². The highest BCUT2D eigenvalue weighted by Crippen LogP contribution is 2.21. The fourth-order valence-electron chi connectivity index (χ4n) is 3.32. The van der Waals surface area contributed by atoms with Crippen molar-refractivity contribution in [1.29, 1.82) is 0 Å². The number of H-pyrrole nitrogens is 1. The first kappa shape index (κ1) is 16.4. The molecular weight excluding hydrogens is 336 g/mol. The van der Waals surface area contributed by atoms with Gasteiger partial charge in [0.2, 0.25) is 0 Å². The Bertz CT molecular complexity index is 1010. The average Bonchev–Trinajstić information content (AvgIpc) is 3.19. The Kier molecular flexibility index (Phi) is 4.00. The number of nitrogens with zero attached hydrogens (tertiary/aromatic N) is 5. The Morgan fingerprint density at radius 2 is 2.15 bits per heavy atom. The summed E-state index contributed by atoms with van der Waals surface area (Å²) < 4.78 is 1.26. The third-order valence-corrected chi connectivity index (χ3v) is 4.63. The Morgan fingerprint density at radius 3 is 2.92 bits per heavy atom. The first-order chi connectivity index (χ1) is 12.5. The SMILES string of the molecule is Cc1cc2ncc(C(=O)N3C[C@@H](Cc4cnccn4)[C@H](O)C3)c(=O)n2[nH]1. The summed E-state index contributed by atoms with van der Waals surface area (Å²) in [5, 5.41) is 13.2. The van der Waals surface area contributed by atoms with E-state index in [1.807, 2.05) is 6.92 Å². The number of likely N-dealkylation sites (tertiary alicyclic amines) is 1. The molecule has 3 aromatic rings. The monoisotopic (exact) mass is 354 g/mol. The maximum Gasteiger partial charge on any atom is 0.285 e. The van der Waals surface area contributed by atoms with Crippen LogP contribution in [0.2, 0.25) is 0 Å². The van der Waals surface area contributed by atoms with Crippen molar-refractivity contribution in [1.82, 2.24) is 29.5 Å². The van der Waals surface area contributed by atoms with Crippen molar-refractivity contribution in [3.05, 3.63) is 58.2 Å². The maximum atomic E-state index is 12.8. The van der Waals surface area contributed by atoms with Crippen molar-refractivity contribution in [2.75, 3.05) is 13.1 Å². The molecule has 0 unspecified atom stereocenters. The van der Waals surface area contributed by atoms with Crippen LogP contribution >= 0.6 is 0 Å². The lowest BCUT2D eigenvalue weighted by atomic mass is 10.0. The number of rotatable bonds is 3. The van der Waals surface area contributed by atoms with E-state index in [0.717, 1.165) is 11.4 Å². The summed E-state index contributed by atoms with van der Waals surface area (Å²) in [7, 11) is 0. The topological polar surface area (TPSA) is 116 Å². The molecule has 0 saturated carbocycles. The van der Waals surface area contributed by atoms with Gasteiger partial charge in [0, 0.05) is 55.6 Å². The van der Waals surface area contributed by atoms with Crippen LogP contribution in [0.25, 0.3) is 5.65 Å². The van der Waals surface area contributed by atoms with E-state index in [-0.39, 0.29) is 18.0 Å². The van der Waals surface area contributed by atoms with Crippen LogP contribution in [0.15, 0.2) is 35.6 Å². The zero-order chi connectivity index (χ0) is 18.3. The van der Waals surface area contributed by atoms with Gasteiger partial charge in [-0.05, 0) is 13.3 Å². The van der Waals surface area contributed by atoms with Gasteiger partial charge in [-0.3, -0.25) is 24.7 Å². The third kappa shape index (κ3) is 2.86. The van der Waals surface area contributed by atoms with Crippen molar-refractivity contribution in [3.63, 3.8) is 0 Å². The van der Waals surface area contributed by atoms with Crippen LogP contribution in [0.5, 0.6) is 0 Å². The maximum absolute atomic E-state index is 12.8. The second kappa shape index (κ2) is 6.34. The number of carbonyl (C=O) groups is 1. The number of aliphatic hydroxyl groups excluding tert-OH is 1. The van der Waals surface area contributed by atoms with Gasteiger partial charge in [0.25, 0.3) is 11.5 Å². The zero-order valence-electron chi connectivity index (χ0n) is 14.2. The molecular formula is C17H18N6O3. The Morgan fingerprint density at radius 1 is 1.31 bits per heavy atom. The van der Waals surface area contributed by atoms with Crippen LogP contribution in [0.4, 0.5) is 0 Å². The lowest BCUT2D eigenvalue weighted by Gasteiger charge is -2.15. The number of amides is 1. The largest absolute Gasteiger partial charge is 0.391 e. The molecule has 0 bridgehead atoms. The molecule has 134 valence electrons. The van der Waals surface area contributed by atoms with Crippen molar-refractivity contribution < 1.29 is 9.90 Å². The lowest BCUT2D eigenvalue weighted by Crippen LogP contribution is -2.35. The molecule has 3 aromatic heterocycles. The second-order valence-corrected chi connectivity index (χ2v) is 6.55. The molecule has 1 fully saturated rings. The molecule has 0 aromatic carbocycles. The number of aliphatic hydroxyl groups is 1. The van der Waals surface area contributed by atoms with Gasteiger partial charge in [0.15, 0.2) is 5.65 Å². The summed E-state index contributed by atoms with van der Waals surface area (Å²) in [4.78, 5) is 39.2. The molecule has 1 aliphatic heterocycles. The quantitative estimate of drug-likeness (QED) is 0.673. The highest BCUT2D eigenvalue weighted by atomic mass is 16.3. The van der Waals surface area contributed by atoms with Gasteiger partial charge >= 0.3 is 0 Å². The van der Waals surface area contributed by atoms with E-state index in [1.54, 1.807) is 24.7 Å². The number of hydrogen-bond donors (Lipinski definition) is 2. The minimum Gasteiger partial charge on any atom is -0.391 e. The molecule has 26 heavy (non-hydrogen) atoms. The van der Waals surface area contributed by atoms with Crippen molar-refractivity contribution in [3.8, 4) is 0 Å². The number of aromatic nitrogens is 5. The fourth-order valence-corrected chi connectivity index (χ4v) is 3.32. The molecule has 1 aliphatic rings. The first-order valence-electron chi connectivity index (χ1n) is 8.32. The number of nitrogens with one attached hydrogen (secondary N) is 1. The summed E-state index contributed by atoms with van der Waals surface area (Å²) in [5.74, 6) is -0.576. The number of β-amino-alcohol motifs (C(OH)–C–C–N with tert-alkyl or cyclic N) is 1. The van der Waals surface area contributed by atoms with E-state index in [0.29, 0.717) is 18.6 Å². The van der Waals surface area contributed by atoms with E-state index in [1.165, 1.54) is 15.6 Å². The Balaban J connectivity index is 1.56. The lowest BCUT2D eigenvalue weighted by molar-refractivity contribution is 0.0762. The summed E-state index contributed by atoms with van der Waals surface area (Å²) in [6, 6.07) is 1.73. The molecule has 9 heteroatoms. The van der Waals surface area contributed by atoms with Gasteiger partial charge in [0.1, 0.15) is 5.56 Å².